The van der Waals surface area contributed by atoms with Crippen LogP contribution < -0.4 is 4.74 Å². The summed E-state index contributed by atoms with van der Waals surface area (Å²) >= 11 is 6.09. The zero-order chi connectivity index (χ0) is 15.3. The molecule has 0 radical (unpaired) electrons. The van der Waals surface area contributed by atoms with Gasteiger partial charge in [-0.3, -0.25) is 4.79 Å². The smallest absolute Gasteiger partial charge is 0.379 e. The zero-order valence-corrected chi connectivity index (χ0v) is 13.0. The first kappa shape index (κ1) is 16.5. The van der Waals surface area contributed by atoms with Gasteiger partial charge in [0.05, 0.1) is 18.8 Å². The van der Waals surface area contributed by atoms with Crippen molar-refractivity contribution in [1.82, 2.24) is 0 Å². The second-order valence-electron chi connectivity index (χ2n) is 4.40. The van der Waals surface area contributed by atoms with Crippen LogP contribution in [0.5, 0.6) is 5.75 Å². The molecular formula is C15H19ClO4. The van der Waals surface area contributed by atoms with Gasteiger partial charge in [0.15, 0.2) is 0 Å². The Hall–Kier alpha value is -1.55. The van der Waals surface area contributed by atoms with E-state index in [1.165, 1.54) is 0 Å². The zero-order valence-electron chi connectivity index (χ0n) is 12.2. The second kappa shape index (κ2) is 7.29. The average Bonchev–Trinajstić information content (AvgIpc) is 2.40. The summed E-state index contributed by atoms with van der Waals surface area (Å²) < 4.78 is 10.4. The molecule has 0 bridgehead atoms. The highest BCUT2D eigenvalue weighted by atomic mass is 35.5. The van der Waals surface area contributed by atoms with Gasteiger partial charge in [0.25, 0.3) is 5.78 Å². The highest BCUT2D eigenvalue weighted by Crippen LogP contribution is 2.33. The molecule has 5 heteroatoms. The van der Waals surface area contributed by atoms with Gasteiger partial charge in [0, 0.05) is 5.02 Å². The number of carbonyl (C=O) groups is 2. The number of aryl methyl sites for hydroxylation is 1. The van der Waals surface area contributed by atoms with Crippen molar-refractivity contribution in [1.29, 1.82) is 0 Å². The summed E-state index contributed by atoms with van der Waals surface area (Å²) in [5, 5.41) is 0.430. The maximum atomic E-state index is 12.2. The summed E-state index contributed by atoms with van der Waals surface area (Å²) in [5.74, 6) is -1.20. The van der Waals surface area contributed by atoms with E-state index in [0.29, 0.717) is 22.9 Å². The van der Waals surface area contributed by atoms with Crippen LogP contribution in [0.2, 0.25) is 5.02 Å². The second-order valence-corrected chi connectivity index (χ2v) is 4.81. The Balaban J connectivity index is 3.33. The summed E-state index contributed by atoms with van der Waals surface area (Å²) in [6.07, 6.45) is 0.800. The number of Topliss-reactive ketones (excluding diaryl/α,β-unsaturated/α-hetero) is 1. The van der Waals surface area contributed by atoms with Crippen LogP contribution >= 0.6 is 11.6 Å². The van der Waals surface area contributed by atoms with Crippen LogP contribution in [0.3, 0.4) is 0 Å². The van der Waals surface area contributed by atoms with Crippen LogP contribution in [0.1, 0.15) is 41.8 Å². The van der Waals surface area contributed by atoms with Gasteiger partial charge in [-0.1, -0.05) is 18.5 Å². The van der Waals surface area contributed by atoms with Gasteiger partial charge in [-0.2, -0.15) is 0 Å². The number of hydrogen-bond acceptors (Lipinski definition) is 4. The van der Waals surface area contributed by atoms with Crippen LogP contribution in [0.4, 0.5) is 0 Å². The van der Waals surface area contributed by atoms with Crippen LogP contribution in [0.15, 0.2) is 6.07 Å². The van der Waals surface area contributed by atoms with Gasteiger partial charge in [-0.15, -0.1) is 0 Å². The van der Waals surface area contributed by atoms with Gasteiger partial charge in [-0.05, 0) is 44.4 Å². The van der Waals surface area contributed by atoms with Crippen LogP contribution in [0, 0.1) is 13.8 Å². The molecule has 20 heavy (non-hydrogen) atoms. The van der Waals surface area contributed by atoms with Gasteiger partial charge in [0.1, 0.15) is 5.75 Å². The van der Waals surface area contributed by atoms with E-state index >= 15 is 0 Å². The molecule has 0 saturated carbocycles. The molecule has 0 unspecified atom stereocenters. The lowest BCUT2D eigenvalue weighted by Gasteiger charge is -2.16. The van der Waals surface area contributed by atoms with Crippen molar-refractivity contribution in [3.05, 3.63) is 27.8 Å². The molecule has 0 fully saturated rings. The Morgan fingerprint density at radius 2 is 1.90 bits per heavy atom. The molecule has 0 heterocycles. The lowest BCUT2D eigenvalue weighted by Crippen LogP contribution is -2.20. The number of ketones is 1. The van der Waals surface area contributed by atoms with E-state index in [9.17, 15) is 9.59 Å². The number of benzene rings is 1. The average molecular weight is 299 g/mol. The van der Waals surface area contributed by atoms with Gasteiger partial charge >= 0.3 is 5.97 Å². The summed E-state index contributed by atoms with van der Waals surface area (Å²) in [6.45, 7) is 7.70. The largest absolute Gasteiger partial charge is 0.493 e. The third kappa shape index (κ3) is 3.51. The molecule has 0 saturated heterocycles. The molecule has 0 N–H and O–H groups in total. The van der Waals surface area contributed by atoms with Crippen LogP contribution in [-0.4, -0.2) is 25.0 Å². The Morgan fingerprint density at radius 3 is 2.45 bits per heavy atom. The molecular weight excluding hydrogens is 280 g/mol. The molecule has 1 aromatic carbocycles. The molecule has 0 aromatic heterocycles. The van der Waals surface area contributed by atoms with Crippen molar-refractivity contribution >= 4 is 23.4 Å². The highest BCUT2D eigenvalue weighted by Gasteiger charge is 2.26. The Bertz CT molecular complexity index is 523. The van der Waals surface area contributed by atoms with E-state index in [0.717, 1.165) is 12.0 Å². The third-order valence-electron chi connectivity index (χ3n) is 2.80. The predicted molar refractivity (Wildman–Crippen MR) is 77.7 cm³/mol. The number of ether oxygens (including phenoxy) is 2. The molecule has 0 aliphatic rings. The molecule has 1 aromatic rings. The number of halogens is 1. The molecule has 0 aliphatic heterocycles. The summed E-state index contributed by atoms with van der Waals surface area (Å²) in [6, 6.07) is 1.73. The van der Waals surface area contributed by atoms with Crippen LogP contribution in [-0.2, 0) is 9.53 Å². The molecule has 0 amide bonds. The fourth-order valence-corrected chi connectivity index (χ4v) is 2.07. The SMILES string of the molecule is CCCOc1c(C)cc(Cl)c(C)c1C(=O)C(=O)OCC. The normalized spacial score (nSPS) is 10.2. The lowest BCUT2D eigenvalue weighted by atomic mass is 10.00. The summed E-state index contributed by atoms with van der Waals surface area (Å²) in [7, 11) is 0. The minimum Gasteiger partial charge on any atom is -0.493 e. The van der Waals surface area contributed by atoms with E-state index in [2.05, 4.69) is 0 Å². The maximum Gasteiger partial charge on any atom is 0.379 e. The van der Waals surface area contributed by atoms with E-state index in [1.54, 1.807) is 26.8 Å². The first-order chi connectivity index (χ1) is 9.43. The Labute approximate surface area is 124 Å². The van der Waals surface area contributed by atoms with Crippen LogP contribution in [0.25, 0.3) is 0 Å². The molecule has 110 valence electrons. The third-order valence-corrected chi connectivity index (χ3v) is 3.19. The van der Waals surface area contributed by atoms with E-state index < -0.39 is 11.8 Å². The standard InChI is InChI=1S/C15H19ClO4/c1-5-7-20-14-9(3)8-11(16)10(4)12(14)13(17)15(18)19-6-2/h8H,5-7H2,1-4H3. The van der Waals surface area contributed by atoms with E-state index in [4.69, 9.17) is 21.1 Å². The Kier molecular flexibility index (Phi) is 6.02. The number of rotatable bonds is 6. The predicted octanol–water partition coefficient (Wildman–Crippen LogP) is 3.49. The highest BCUT2D eigenvalue weighted by molar-refractivity contribution is 6.42. The van der Waals surface area contributed by atoms with E-state index in [-0.39, 0.29) is 12.2 Å². The van der Waals surface area contributed by atoms with Gasteiger partial charge in [-0.25, -0.2) is 4.79 Å². The molecule has 0 spiro atoms. The van der Waals surface area contributed by atoms with E-state index in [1.807, 2.05) is 6.92 Å². The lowest BCUT2D eigenvalue weighted by molar-refractivity contribution is -0.137. The number of hydrogen-bond donors (Lipinski definition) is 0. The van der Waals surface area contributed by atoms with Crippen molar-refractivity contribution in [2.24, 2.45) is 0 Å². The fourth-order valence-electron chi connectivity index (χ4n) is 1.81. The Morgan fingerprint density at radius 1 is 1.25 bits per heavy atom. The van der Waals surface area contributed by atoms with Gasteiger partial charge < -0.3 is 9.47 Å². The van der Waals surface area contributed by atoms with Crippen molar-refractivity contribution in [2.75, 3.05) is 13.2 Å². The summed E-state index contributed by atoms with van der Waals surface area (Å²) in [4.78, 5) is 23.9. The molecule has 4 nitrogen and oxygen atoms in total. The quantitative estimate of drug-likeness (QED) is 0.458. The van der Waals surface area contributed by atoms with Crippen molar-refractivity contribution in [3.63, 3.8) is 0 Å². The van der Waals surface area contributed by atoms with Crippen molar-refractivity contribution < 1.29 is 19.1 Å². The minimum absolute atomic E-state index is 0.147. The molecule has 0 atom stereocenters. The number of carbonyl (C=O) groups excluding carboxylic acids is 2. The first-order valence-corrected chi connectivity index (χ1v) is 6.95. The van der Waals surface area contributed by atoms with Crippen molar-refractivity contribution in [2.45, 2.75) is 34.1 Å². The molecule has 0 aliphatic carbocycles. The molecule has 1 rings (SSSR count). The first-order valence-electron chi connectivity index (χ1n) is 6.57. The van der Waals surface area contributed by atoms with Gasteiger partial charge in [0.2, 0.25) is 0 Å². The number of esters is 1. The fraction of sp³-hybridized carbons (Fsp3) is 0.467. The van der Waals surface area contributed by atoms with Crippen molar-refractivity contribution in [3.8, 4) is 5.75 Å². The summed E-state index contributed by atoms with van der Waals surface area (Å²) in [5.41, 5.74) is 1.45. The topological polar surface area (TPSA) is 52.6 Å². The maximum absolute atomic E-state index is 12.2. The monoisotopic (exact) mass is 298 g/mol. The minimum atomic E-state index is -0.890.